The number of halogens is 2. The first-order valence-electron chi connectivity index (χ1n) is 14.0. The highest BCUT2D eigenvalue weighted by molar-refractivity contribution is 5.85. The maximum atomic E-state index is 14.9. The Morgan fingerprint density at radius 1 is 0.975 bits per heavy atom. The van der Waals surface area contributed by atoms with Crippen molar-refractivity contribution in [3.8, 4) is 16.9 Å². The number of carbonyl (C=O) groups is 1. The van der Waals surface area contributed by atoms with E-state index in [9.17, 15) is 9.18 Å². The van der Waals surface area contributed by atoms with Crippen LogP contribution in [0.3, 0.4) is 0 Å². The molecule has 0 saturated heterocycles. The zero-order valence-electron chi connectivity index (χ0n) is 24.2. The van der Waals surface area contributed by atoms with Crippen LogP contribution >= 0.6 is 12.4 Å². The molecule has 0 unspecified atom stereocenters. The fourth-order valence-electron chi connectivity index (χ4n) is 5.08. The van der Waals surface area contributed by atoms with E-state index >= 15 is 0 Å². The summed E-state index contributed by atoms with van der Waals surface area (Å²) in [6.45, 7) is 7.54. The van der Waals surface area contributed by atoms with Gasteiger partial charge in [0.05, 0.1) is 13.0 Å². The second-order valence-corrected chi connectivity index (χ2v) is 10.2. The topological polar surface area (TPSA) is 64.8 Å². The predicted molar refractivity (Wildman–Crippen MR) is 164 cm³/mol. The summed E-state index contributed by atoms with van der Waals surface area (Å²) < 4.78 is 26.2. The Hall–Kier alpha value is -2.93. The van der Waals surface area contributed by atoms with Crippen LogP contribution < -0.4 is 10.5 Å². The maximum Gasteiger partial charge on any atom is 0.227 e. The lowest BCUT2D eigenvalue weighted by molar-refractivity contribution is -0.134. The fourth-order valence-corrected chi connectivity index (χ4v) is 5.08. The maximum absolute atomic E-state index is 14.9. The van der Waals surface area contributed by atoms with Crippen molar-refractivity contribution in [1.82, 2.24) is 4.90 Å². The normalized spacial score (nSPS) is 11.7. The number of amides is 1. The highest BCUT2D eigenvalue weighted by Crippen LogP contribution is 2.36. The first-order chi connectivity index (χ1) is 18.9. The van der Waals surface area contributed by atoms with Gasteiger partial charge in [-0.15, -0.1) is 12.4 Å². The number of methoxy groups -OCH3 is 1. The SMILES string of the molecule is CCCc1cc(-c2ccccc2F)c(OCCCOC)cc1CC(=O)N(C(C)C)[C@@H](CN)Cc1ccccc1.Cl. The molecule has 3 rings (SSSR count). The lowest BCUT2D eigenvalue weighted by Gasteiger charge is -2.35. The van der Waals surface area contributed by atoms with Gasteiger partial charge in [-0.3, -0.25) is 4.79 Å². The Bertz CT molecular complexity index is 1190. The zero-order valence-corrected chi connectivity index (χ0v) is 25.0. The Kier molecular flexibility index (Phi) is 14.2. The smallest absolute Gasteiger partial charge is 0.227 e. The first kappa shape index (κ1) is 33.3. The van der Waals surface area contributed by atoms with Crippen LogP contribution in [0.2, 0.25) is 0 Å². The molecule has 218 valence electrons. The summed E-state index contributed by atoms with van der Waals surface area (Å²) in [5.41, 5.74) is 10.5. The minimum absolute atomic E-state index is 0. The molecule has 0 bridgehead atoms. The predicted octanol–water partition coefficient (Wildman–Crippen LogP) is 6.63. The molecule has 3 aromatic rings. The second kappa shape index (κ2) is 17.0. The van der Waals surface area contributed by atoms with Crippen molar-refractivity contribution in [2.45, 2.75) is 65.0 Å². The van der Waals surface area contributed by atoms with Crippen molar-refractivity contribution in [3.63, 3.8) is 0 Å². The largest absolute Gasteiger partial charge is 0.493 e. The zero-order chi connectivity index (χ0) is 28.2. The number of aryl methyl sites for hydroxylation is 1. The number of hydrogen-bond donors (Lipinski definition) is 1. The van der Waals surface area contributed by atoms with Gasteiger partial charge in [0.1, 0.15) is 11.6 Å². The quantitative estimate of drug-likeness (QED) is 0.208. The van der Waals surface area contributed by atoms with Gasteiger partial charge in [-0.05, 0) is 61.6 Å². The number of nitrogens with two attached hydrogens (primary N) is 1. The molecule has 0 aliphatic heterocycles. The number of hydrogen-bond acceptors (Lipinski definition) is 4. The van der Waals surface area contributed by atoms with E-state index in [1.807, 2.05) is 55.1 Å². The van der Waals surface area contributed by atoms with Gasteiger partial charge in [0.15, 0.2) is 0 Å². The Morgan fingerprint density at radius 2 is 1.68 bits per heavy atom. The lowest BCUT2D eigenvalue weighted by atomic mass is 9.93. The number of rotatable bonds is 15. The van der Waals surface area contributed by atoms with E-state index in [0.29, 0.717) is 49.5 Å². The number of nitrogens with zero attached hydrogens (tertiary/aromatic N) is 1. The molecule has 0 aliphatic rings. The number of ether oxygens (including phenoxy) is 2. The number of carbonyl (C=O) groups excluding carboxylic acids is 1. The van der Waals surface area contributed by atoms with E-state index in [1.54, 1.807) is 19.2 Å². The molecule has 5 nitrogen and oxygen atoms in total. The van der Waals surface area contributed by atoms with Gasteiger partial charge in [0, 0.05) is 49.9 Å². The van der Waals surface area contributed by atoms with E-state index in [2.05, 4.69) is 19.1 Å². The van der Waals surface area contributed by atoms with E-state index in [1.165, 1.54) is 6.07 Å². The van der Waals surface area contributed by atoms with Gasteiger partial charge in [-0.25, -0.2) is 4.39 Å². The fraction of sp³-hybridized carbons (Fsp3) is 0.424. The van der Waals surface area contributed by atoms with Crippen molar-refractivity contribution < 1.29 is 18.7 Å². The van der Waals surface area contributed by atoms with Crippen molar-refractivity contribution in [2.24, 2.45) is 5.73 Å². The van der Waals surface area contributed by atoms with Gasteiger partial charge in [0.2, 0.25) is 5.91 Å². The average molecular weight is 571 g/mol. The Labute approximate surface area is 245 Å². The third-order valence-electron chi connectivity index (χ3n) is 6.90. The minimum Gasteiger partial charge on any atom is -0.493 e. The second-order valence-electron chi connectivity index (χ2n) is 10.2. The average Bonchev–Trinajstić information content (AvgIpc) is 2.92. The van der Waals surface area contributed by atoms with Gasteiger partial charge in [-0.2, -0.15) is 0 Å². The van der Waals surface area contributed by atoms with Gasteiger partial charge in [-0.1, -0.05) is 61.9 Å². The molecule has 40 heavy (non-hydrogen) atoms. The van der Waals surface area contributed by atoms with Gasteiger partial charge >= 0.3 is 0 Å². The summed E-state index contributed by atoms with van der Waals surface area (Å²) in [6, 6.07) is 20.7. The first-order valence-corrected chi connectivity index (χ1v) is 14.0. The van der Waals surface area contributed by atoms with Gasteiger partial charge in [0.25, 0.3) is 0 Å². The molecule has 7 heteroatoms. The molecule has 0 heterocycles. The van der Waals surface area contributed by atoms with Gasteiger partial charge < -0.3 is 20.1 Å². The molecule has 3 aromatic carbocycles. The van der Waals surface area contributed by atoms with Crippen molar-refractivity contribution in [3.05, 3.63) is 89.2 Å². The third-order valence-corrected chi connectivity index (χ3v) is 6.90. The van der Waals surface area contributed by atoms with E-state index < -0.39 is 0 Å². The van der Waals surface area contributed by atoms with E-state index in [-0.39, 0.29) is 42.6 Å². The molecule has 1 amide bonds. The highest BCUT2D eigenvalue weighted by Gasteiger charge is 2.27. The van der Waals surface area contributed by atoms with Crippen LogP contribution in [0.4, 0.5) is 4.39 Å². The van der Waals surface area contributed by atoms with Crippen LogP contribution in [0.25, 0.3) is 11.1 Å². The molecule has 1 atom stereocenters. The summed E-state index contributed by atoms with van der Waals surface area (Å²) in [7, 11) is 1.65. The third kappa shape index (κ3) is 9.05. The molecule has 0 saturated carbocycles. The van der Waals surface area contributed by atoms with Crippen LogP contribution in [0.15, 0.2) is 66.7 Å². The Balaban J connectivity index is 0.00000560. The number of benzene rings is 3. The molecule has 0 fully saturated rings. The summed E-state index contributed by atoms with van der Waals surface area (Å²) in [6.07, 6.45) is 3.31. The van der Waals surface area contributed by atoms with Crippen molar-refractivity contribution in [2.75, 3.05) is 26.9 Å². The summed E-state index contributed by atoms with van der Waals surface area (Å²) in [5, 5.41) is 0. The summed E-state index contributed by atoms with van der Waals surface area (Å²) in [4.78, 5) is 15.8. The van der Waals surface area contributed by atoms with E-state index in [0.717, 1.165) is 29.5 Å². The molecule has 2 N–H and O–H groups in total. The van der Waals surface area contributed by atoms with Crippen LogP contribution in [0.1, 0.15) is 50.3 Å². The summed E-state index contributed by atoms with van der Waals surface area (Å²) in [5.74, 6) is 0.301. The molecule has 0 spiro atoms. The summed E-state index contributed by atoms with van der Waals surface area (Å²) >= 11 is 0. The van der Waals surface area contributed by atoms with Crippen LogP contribution in [-0.4, -0.2) is 49.8 Å². The Morgan fingerprint density at radius 3 is 2.30 bits per heavy atom. The molecule has 0 radical (unpaired) electrons. The van der Waals surface area contributed by atoms with E-state index in [4.69, 9.17) is 15.2 Å². The molecule has 0 aliphatic carbocycles. The highest BCUT2D eigenvalue weighted by atomic mass is 35.5. The molecular formula is C33H44ClFN2O3. The standard InChI is InChI=1S/C33H43FN2O3.ClH/c1-5-12-26-20-30(29-15-9-10-16-31(29)34)32(39-18-11-17-38-4)21-27(26)22-33(37)36(24(2)3)28(23-35)19-25-13-7-6-8-14-25;/h6-10,13-16,20-21,24,28H,5,11-12,17-19,22-23,35H2,1-4H3;1H/t28-;/m1./s1. The van der Waals surface area contributed by atoms with Crippen molar-refractivity contribution in [1.29, 1.82) is 0 Å². The molecular weight excluding hydrogens is 527 g/mol. The van der Waals surface area contributed by atoms with Crippen LogP contribution in [0.5, 0.6) is 5.75 Å². The minimum atomic E-state index is -0.303. The molecule has 0 aromatic heterocycles. The van der Waals surface area contributed by atoms with Crippen molar-refractivity contribution >= 4 is 18.3 Å². The van der Waals surface area contributed by atoms with Crippen LogP contribution in [0, 0.1) is 5.82 Å². The monoisotopic (exact) mass is 570 g/mol. The van der Waals surface area contributed by atoms with Crippen LogP contribution in [-0.2, 0) is 28.8 Å². The lowest BCUT2D eigenvalue weighted by Crippen LogP contribution is -2.50.